The van der Waals surface area contributed by atoms with Crippen molar-refractivity contribution >= 4 is 0 Å². The Labute approximate surface area is 181 Å². The number of nitriles is 2. The van der Waals surface area contributed by atoms with E-state index in [1.807, 2.05) is 12.4 Å². The summed E-state index contributed by atoms with van der Waals surface area (Å²) in [4.78, 5) is 9.09. The first kappa shape index (κ1) is 22.0. The second-order valence-electron chi connectivity index (χ2n) is 8.52. The highest BCUT2D eigenvalue weighted by molar-refractivity contribution is 5.55. The van der Waals surface area contributed by atoms with Gasteiger partial charge < -0.3 is 0 Å². The zero-order valence-corrected chi connectivity index (χ0v) is 17.9. The highest BCUT2D eigenvalue weighted by Gasteiger charge is 2.22. The maximum Gasteiger partial charge on any atom is 0.159 e. The van der Waals surface area contributed by atoms with Crippen LogP contribution < -0.4 is 0 Å². The minimum Gasteiger partial charge on any atom is -0.236 e. The van der Waals surface area contributed by atoms with Crippen LogP contribution in [0.15, 0.2) is 36.7 Å². The van der Waals surface area contributed by atoms with Crippen molar-refractivity contribution < 1.29 is 0 Å². The quantitative estimate of drug-likeness (QED) is 0.414. The van der Waals surface area contributed by atoms with Gasteiger partial charge in [0.15, 0.2) is 5.82 Å². The molecule has 0 aliphatic heterocycles. The van der Waals surface area contributed by atoms with Gasteiger partial charge in [-0.3, -0.25) is 0 Å². The summed E-state index contributed by atoms with van der Waals surface area (Å²) in [6, 6.07) is 13.3. The number of unbranched alkanes of at least 4 members (excludes halogenated alkanes) is 4. The summed E-state index contributed by atoms with van der Waals surface area (Å²) >= 11 is 0. The molecule has 0 spiro atoms. The molecule has 0 radical (unpaired) electrons. The molecule has 1 aromatic heterocycles. The zero-order valence-electron chi connectivity index (χ0n) is 17.9. The van der Waals surface area contributed by atoms with Gasteiger partial charge in [-0.25, -0.2) is 9.97 Å². The molecule has 1 aromatic carbocycles. The zero-order chi connectivity index (χ0) is 21.0. The van der Waals surface area contributed by atoms with Crippen LogP contribution in [0.1, 0.15) is 87.7 Å². The average Bonchev–Trinajstić information content (AvgIpc) is 2.81. The fourth-order valence-corrected chi connectivity index (χ4v) is 4.49. The first-order chi connectivity index (χ1) is 14.8. The van der Waals surface area contributed by atoms with Crippen LogP contribution in [0.4, 0.5) is 0 Å². The molecular formula is C26H32N4. The standard InChI is InChI=1S/C26H32N4/c27-17-5-1-3-7-21-9-11-23(12-10-21)24-13-15-25(16-14-24)26-29-19-22(20-30-26)8-4-2-6-18-28/h13-16,19-21,23H,1-12H2. The maximum absolute atomic E-state index is 8.65. The van der Waals surface area contributed by atoms with Crippen molar-refractivity contribution in [3.05, 3.63) is 47.8 Å². The van der Waals surface area contributed by atoms with Crippen molar-refractivity contribution in [1.82, 2.24) is 9.97 Å². The van der Waals surface area contributed by atoms with Gasteiger partial charge in [0.05, 0.1) is 12.1 Å². The van der Waals surface area contributed by atoms with Crippen molar-refractivity contribution in [1.29, 1.82) is 10.5 Å². The van der Waals surface area contributed by atoms with Crippen molar-refractivity contribution in [3.63, 3.8) is 0 Å². The van der Waals surface area contributed by atoms with Crippen molar-refractivity contribution in [2.24, 2.45) is 5.92 Å². The topological polar surface area (TPSA) is 73.4 Å². The molecule has 3 rings (SSSR count). The average molecular weight is 401 g/mol. The summed E-state index contributed by atoms with van der Waals surface area (Å²) in [5.74, 6) is 2.31. The van der Waals surface area contributed by atoms with E-state index in [0.717, 1.165) is 48.6 Å². The van der Waals surface area contributed by atoms with Gasteiger partial charge in [0.2, 0.25) is 0 Å². The minimum absolute atomic E-state index is 0.620. The third kappa shape index (κ3) is 6.67. The highest BCUT2D eigenvalue weighted by Crippen LogP contribution is 2.38. The molecule has 0 atom stereocenters. The van der Waals surface area contributed by atoms with Crippen LogP contribution in [0.5, 0.6) is 0 Å². The Bertz CT molecular complexity index is 835. The first-order valence-corrected chi connectivity index (χ1v) is 11.5. The van der Waals surface area contributed by atoms with Gasteiger partial charge in [0.1, 0.15) is 0 Å². The van der Waals surface area contributed by atoms with Crippen LogP contribution in [-0.4, -0.2) is 9.97 Å². The summed E-state index contributed by atoms with van der Waals surface area (Å²) < 4.78 is 0. The van der Waals surface area contributed by atoms with Crippen LogP contribution in [-0.2, 0) is 6.42 Å². The lowest BCUT2D eigenvalue weighted by Gasteiger charge is -2.29. The number of hydrogen-bond acceptors (Lipinski definition) is 4. The molecule has 0 bridgehead atoms. The van der Waals surface area contributed by atoms with E-state index < -0.39 is 0 Å². The Balaban J connectivity index is 1.47. The van der Waals surface area contributed by atoms with E-state index in [0.29, 0.717) is 18.8 Å². The third-order valence-corrected chi connectivity index (χ3v) is 6.35. The summed E-state index contributed by atoms with van der Waals surface area (Å²) in [7, 11) is 0. The lowest BCUT2D eigenvalue weighted by atomic mass is 9.77. The lowest BCUT2D eigenvalue weighted by molar-refractivity contribution is 0.303. The molecule has 1 fully saturated rings. The highest BCUT2D eigenvalue weighted by atomic mass is 14.9. The van der Waals surface area contributed by atoms with E-state index in [1.54, 1.807) is 0 Å². The molecule has 1 aliphatic rings. The second kappa shape index (κ2) is 12.1. The molecule has 0 N–H and O–H groups in total. The predicted molar refractivity (Wildman–Crippen MR) is 119 cm³/mol. The Kier molecular flexibility index (Phi) is 8.85. The number of benzene rings is 1. The first-order valence-electron chi connectivity index (χ1n) is 11.5. The smallest absolute Gasteiger partial charge is 0.159 e. The molecular weight excluding hydrogens is 368 g/mol. The van der Waals surface area contributed by atoms with E-state index >= 15 is 0 Å². The molecule has 0 unspecified atom stereocenters. The van der Waals surface area contributed by atoms with Crippen LogP contribution in [0, 0.1) is 28.6 Å². The number of nitrogens with zero attached hydrogens (tertiary/aromatic N) is 4. The van der Waals surface area contributed by atoms with Gasteiger partial charge in [-0.05, 0) is 74.3 Å². The van der Waals surface area contributed by atoms with Crippen molar-refractivity contribution in [2.75, 3.05) is 0 Å². The Hall–Kier alpha value is -2.72. The molecule has 1 saturated carbocycles. The van der Waals surface area contributed by atoms with Gasteiger partial charge in [-0.2, -0.15) is 10.5 Å². The number of aromatic nitrogens is 2. The van der Waals surface area contributed by atoms with E-state index in [9.17, 15) is 0 Å². The fraction of sp³-hybridized carbons (Fsp3) is 0.538. The monoisotopic (exact) mass is 400 g/mol. The van der Waals surface area contributed by atoms with Crippen LogP contribution in [0.3, 0.4) is 0 Å². The third-order valence-electron chi connectivity index (χ3n) is 6.35. The summed E-state index contributed by atoms with van der Waals surface area (Å²) in [5.41, 5.74) is 3.65. The molecule has 4 nitrogen and oxygen atoms in total. The largest absolute Gasteiger partial charge is 0.236 e. The Morgan fingerprint density at radius 1 is 0.800 bits per heavy atom. The molecule has 30 heavy (non-hydrogen) atoms. The SMILES string of the molecule is N#CCCCCc1cnc(-c2ccc(C3CCC(CCCCC#N)CC3)cc2)nc1. The van der Waals surface area contributed by atoms with Crippen molar-refractivity contribution in [2.45, 2.75) is 83.0 Å². The number of rotatable bonds is 10. The number of hydrogen-bond donors (Lipinski definition) is 0. The van der Waals surface area contributed by atoms with E-state index in [4.69, 9.17) is 10.5 Å². The maximum atomic E-state index is 8.65. The molecule has 0 amide bonds. The van der Waals surface area contributed by atoms with Gasteiger partial charge in [0.25, 0.3) is 0 Å². The van der Waals surface area contributed by atoms with E-state index in [2.05, 4.69) is 46.4 Å². The summed E-state index contributed by atoms with van der Waals surface area (Å²) in [5, 5.41) is 17.3. The molecule has 156 valence electrons. The minimum atomic E-state index is 0.620. The van der Waals surface area contributed by atoms with Crippen LogP contribution >= 0.6 is 0 Å². The Morgan fingerprint density at radius 2 is 1.43 bits per heavy atom. The molecule has 1 aliphatic carbocycles. The van der Waals surface area contributed by atoms with E-state index in [-0.39, 0.29) is 0 Å². The number of aryl methyl sites for hydroxylation is 1. The lowest BCUT2D eigenvalue weighted by Crippen LogP contribution is -2.13. The van der Waals surface area contributed by atoms with Crippen LogP contribution in [0.2, 0.25) is 0 Å². The van der Waals surface area contributed by atoms with Gasteiger partial charge in [-0.15, -0.1) is 0 Å². The molecule has 0 saturated heterocycles. The summed E-state index contributed by atoms with van der Waals surface area (Å²) in [6.07, 6.45) is 16.8. The van der Waals surface area contributed by atoms with Crippen molar-refractivity contribution in [3.8, 4) is 23.5 Å². The summed E-state index contributed by atoms with van der Waals surface area (Å²) in [6.45, 7) is 0. The molecule has 1 heterocycles. The van der Waals surface area contributed by atoms with E-state index in [1.165, 1.54) is 44.1 Å². The van der Waals surface area contributed by atoms with Crippen LogP contribution in [0.25, 0.3) is 11.4 Å². The molecule has 2 aromatic rings. The fourth-order valence-electron chi connectivity index (χ4n) is 4.49. The predicted octanol–water partition coefficient (Wildman–Crippen LogP) is 6.74. The normalized spacial score (nSPS) is 18.5. The molecule has 4 heteroatoms. The van der Waals surface area contributed by atoms with Gasteiger partial charge >= 0.3 is 0 Å². The Morgan fingerprint density at radius 3 is 2.07 bits per heavy atom. The second-order valence-corrected chi connectivity index (χ2v) is 8.52. The van der Waals surface area contributed by atoms with Gasteiger partial charge in [0, 0.05) is 30.8 Å². The van der Waals surface area contributed by atoms with Gasteiger partial charge in [-0.1, -0.05) is 37.1 Å².